The smallest absolute Gasteiger partial charge is 0.198 e. The minimum atomic E-state index is -3.37. The van der Waals surface area contributed by atoms with Crippen molar-refractivity contribution >= 4 is 10.2 Å². The van der Waals surface area contributed by atoms with Crippen LogP contribution in [0.25, 0.3) is 0 Å². The second-order valence-corrected chi connectivity index (χ2v) is 6.99. The second kappa shape index (κ2) is 7.83. The van der Waals surface area contributed by atoms with E-state index in [-0.39, 0.29) is 6.42 Å². The van der Waals surface area contributed by atoms with Gasteiger partial charge in [0.05, 0.1) is 6.07 Å². The summed E-state index contributed by atoms with van der Waals surface area (Å²) < 4.78 is 28.2. The highest BCUT2D eigenvalue weighted by atomic mass is 32.2. The van der Waals surface area contributed by atoms with Crippen molar-refractivity contribution in [3.63, 3.8) is 0 Å². The van der Waals surface area contributed by atoms with Crippen molar-refractivity contribution in [2.24, 2.45) is 5.92 Å². The first-order valence-corrected chi connectivity index (χ1v) is 8.58. The Morgan fingerprint density at radius 1 is 1.26 bits per heavy atom. The Hall–Kier alpha value is -0.640. The van der Waals surface area contributed by atoms with E-state index in [4.69, 9.17) is 5.26 Å². The van der Waals surface area contributed by atoms with Crippen LogP contribution in [-0.4, -0.2) is 43.2 Å². The maximum Gasteiger partial charge on any atom is 0.282 e. The summed E-state index contributed by atoms with van der Waals surface area (Å²) in [5.74, 6) is 0.371. The summed E-state index contributed by atoms with van der Waals surface area (Å²) in [5.41, 5.74) is 0. The van der Waals surface area contributed by atoms with Crippen molar-refractivity contribution in [2.75, 3.05) is 26.2 Å². The molecule has 19 heavy (non-hydrogen) atoms. The fourth-order valence-electron chi connectivity index (χ4n) is 2.39. The van der Waals surface area contributed by atoms with E-state index in [0.29, 0.717) is 32.1 Å². The number of nitrogens with zero attached hydrogens (tertiary/aromatic N) is 3. The first kappa shape index (κ1) is 16.4. The molecule has 0 aromatic heterocycles. The fourth-order valence-corrected chi connectivity index (χ4v) is 4.16. The summed E-state index contributed by atoms with van der Waals surface area (Å²) in [4.78, 5) is 0. The van der Waals surface area contributed by atoms with Crippen molar-refractivity contribution in [1.82, 2.24) is 8.61 Å². The van der Waals surface area contributed by atoms with E-state index in [1.165, 1.54) is 4.31 Å². The van der Waals surface area contributed by atoms with Gasteiger partial charge in [-0.2, -0.15) is 22.3 Å². The molecule has 110 valence electrons. The van der Waals surface area contributed by atoms with Crippen LogP contribution in [0.2, 0.25) is 0 Å². The maximum absolute atomic E-state index is 12.5. The quantitative estimate of drug-likeness (QED) is 0.685. The summed E-state index contributed by atoms with van der Waals surface area (Å²) in [6, 6.07) is 2.05. The molecule has 5 nitrogen and oxygen atoms in total. The molecule has 1 fully saturated rings. The molecule has 0 N–H and O–H groups in total. The summed E-state index contributed by atoms with van der Waals surface area (Å²) in [6.07, 6.45) is 4.07. The second-order valence-electron chi connectivity index (χ2n) is 5.06. The third-order valence-electron chi connectivity index (χ3n) is 3.81. The largest absolute Gasteiger partial charge is 0.282 e. The van der Waals surface area contributed by atoms with Gasteiger partial charge in [-0.15, -0.1) is 0 Å². The molecular weight excluding hydrogens is 262 g/mol. The summed E-state index contributed by atoms with van der Waals surface area (Å²) in [5, 5.41) is 8.71. The van der Waals surface area contributed by atoms with E-state index in [2.05, 4.69) is 13.8 Å². The van der Waals surface area contributed by atoms with Gasteiger partial charge in [-0.3, -0.25) is 0 Å². The summed E-state index contributed by atoms with van der Waals surface area (Å²) in [6.45, 7) is 6.25. The van der Waals surface area contributed by atoms with Crippen molar-refractivity contribution < 1.29 is 8.42 Å². The molecule has 1 saturated heterocycles. The molecule has 0 atom stereocenters. The van der Waals surface area contributed by atoms with Crippen LogP contribution in [0, 0.1) is 17.2 Å². The molecule has 0 aliphatic carbocycles. The predicted octanol–water partition coefficient (Wildman–Crippen LogP) is 1.98. The van der Waals surface area contributed by atoms with Crippen molar-refractivity contribution in [3.05, 3.63) is 0 Å². The zero-order valence-electron chi connectivity index (χ0n) is 12.0. The molecular formula is C13H25N3O2S. The molecule has 6 heteroatoms. The van der Waals surface area contributed by atoms with Crippen molar-refractivity contribution in [2.45, 2.75) is 46.0 Å². The lowest BCUT2D eigenvalue weighted by Gasteiger charge is -2.29. The van der Waals surface area contributed by atoms with E-state index in [9.17, 15) is 8.42 Å². The minimum Gasteiger partial charge on any atom is -0.198 e. The zero-order chi connectivity index (χ0) is 14.3. The zero-order valence-corrected chi connectivity index (χ0v) is 12.8. The Kier molecular flexibility index (Phi) is 6.76. The molecule has 1 aliphatic rings. The highest BCUT2D eigenvalue weighted by Gasteiger charge is 2.32. The molecule has 0 spiro atoms. The highest BCUT2D eigenvalue weighted by Crippen LogP contribution is 2.20. The standard InChI is InChI=1S/C13H25N3O2S/c1-3-13(4-2)12-16(11-7-8-14)19(17,18)15-9-5-6-10-15/h13H,3-7,9-12H2,1-2H3. The Labute approximate surface area is 117 Å². The Balaban J connectivity index is 2.79. The fraction of sp³-hybridized carbons (Fsp3) is 0.923. The Morgan fingerprint density at radius 2 is 1.84 bits per heavy atom. The van der Waals surface area contributed by atoms with Crippen LogP contribution in [-0.2, 0) is 10.2 Å². The van der Waals surface area contributed by atoms with E-state index in [0.717, 1.165) is 25.7 Å². The highest BCUT2D eigenvalue weighted by molar-refractivity contribution is 7.86. The molecule has 0 bridgehead atoms. The van der Waals surface area contributed by atoms with Gasteiger partial charge in [-0.05, 0) is 18.8 Å². The third kappa shape index (κ3) is 4.44. The van der Waals surface area contributed by atoms with Crippen molar-refractivity contribution in [3.8, 4) is 6.07 Å². The minimum absolute atomic E-state index is 0.257. The first-order chi connectivity index (χ1) is 9.06. The van der Waals surface area contributed by atoms with Gasteiger partial charge >= 0.3 is 0 Å². The number of rotatable bonds is 8. The van der Waals surface area contributed by atoms with E-state index in [1.54, 1.807) is 4.31 Å². The average molecular weight is 287 g/mol. The molecule has 0 amide bonds. The van der Waals surface area contributed by atoms with Gasteiger partial charge in [0, 0.05) is 32.6 Å². The lowest BCUT2D eigenvalue weighted by Crippen LogP contribution is -2.44. The monoisotopic (exact) mass is 287 g/mol. The normalized spacial score (nSPS) is 17.2. The van der Waals surface area contributed by atoms with E-state index in [1.807, 2.05) is 6.07 Å². The summed E-state index contributed by atoms with van der Waals surface area (Å²) >= 11 is 0. The van der Waals surface area contributed by atoms with Crippen LogP contribution < -0.4 is 0 Å². The van der Waals surface area contributed by atoms with E-state index < -0.39 is 10.2 Å². The first-order valence-electron chi connectivity index (χ1n) is 7.18. The molecule has 1 heterocycles. The number of hydrogen-bond acceptors (Lipinski definition) is 3. The van der Waals surface area contributed by atoms with Gasteiger partial charge in [-0.1, -0.05) is 26.7 Å². The van der Waals surface area contributed by atoms with E-state index >= 15 is 0 Å². The average Bonchev–Trinajstić information content (AvgIpc) is 2.93. The maximum atomic E-state index is 12.5. The Morgan fingerprint density at radius 3 is 2.32 bits per heavy atom. The van der Waals surface area contributed by atoms with Crippen LogP contribution in [0.15, 0.2) is 0 Å². The molecule has 0 aromatic carbocycles. The van der Waals surface area contributed by atoms with Gasteiger partial charge in [-0.25, -0.2) is 0 Å². The van der Waals surface area contributed by atoms with Gasteiger partial charge in [0.25, 0.3) is 10.2 Å². The number of nitriles is 1. The predicted molar refractivity (Wildman–Crippen MR) is 75.6 cm³/mol. The van der Waals surface area contributed by atoms with Crippen molar-refractivity contribution in [1.29, 1.82) is 5.26 Å². The van der Waals surface area contributed by atoms with Crippen LogP contribution in [0.4, 0.5) is 0 Å². The Bertz CT molecular complexity index is 393. The third-order valence-corrected chi connectivity index (χ3v) is 5.81. The lowest BCUT2D eigenvalue weighted by atomic mass is 10.0. The molecule has 0 aromatic rings. The molecule has 1 rings (SSSR count). The van der Waals surface area contributed by atoms with Gasteiger partial charge < -0.3 is 0 Å². The lowest BCUT2D eigenvalue weighted by molar-refractivity contribution is 0.308. The number of hydrogen-bond donors (Lipinski definition) is 0. The topological polar surface area (TPSA) is 64.4 Å². The SMILES string of the molecule is CCC(CC)CN(CCC#N)S(=O)(=O)N1CCCC1. The van der Waals surface area contributed by atoms with Crippen LogP contribution in [0.3, 0.4) is 0 Å². The molecule has 1 aliphatic heterocycles. The van der Waals surface area contributed by atoms with Crippen LogP contribution in [0.5, 0.6) is 0 Å². The molecule has 0 radical (unpaired) electrons. The van der Waals surface area contributed by atoms with Crippen LogP contribution >= 0.6 is 0 Å². The van der Waals surface area contributed by atoms with Crippen LogP contribution in [0.1, 0.15) is 46.0 Å². The van der Waals surface area contributed by atoms with Gasteiger partial charge in [0.2, 0.25) is 0 Å². The summed E-state index contributed by atoms with van der Waals surface area (Å²) in [7, 11) is -3.37. The van der Waals surface area contributed by atoms with Gasteiger partial charge in [0.1, 0.15) is 0 Å². The molecule has 0 saturated carbocycles. The van der Waals surface area contributed by atoms with Gasteiger partial charge in [0.15, 0.2) is 0 Å². The molecule has 0 unspecified atom stereocenters.